The second kappa shape index (κ2) is 6.12. The normalized spacial score (nSPS) is 11.5. The van der Waals surface area contributed by atoms with Crippen molar-refractivity contribution in [3.8, 4) is 5.75 Å². The second-order valence-corrected chi connectivity index (χ2v) is 5.21. The number of hydrogen-bond acceptors (Lipinski definition) is 2. The Labute approximate surface area is 103 Å². The van der Waals surface area contributed by atoms with Crippen molar-refractivity contribution in [3.05, 3.63) is 29.3 Å². The van der Waals surface area contributed by atoms with Crippen molar-refractivity contribution in [2.75, 3.05) is 13.2 Å². The van der Waals surface area contributed by atoms with Gasteiger partial charge in [0.15, 0.2) is 0 Å². The molecule has 3 heteroatoms. The van der Waals surface area contributed by atoms with E-state index in [1.165, 1.54) is 0 Å². The van der Waals surface area contributed by atoms with Crippen LogP contribution in [0.15, 0.2) is 24.3 Å². The number of nitrogens with two attached hydrogens (primary N) is 1. The minimum atomic E-state index is 0.212. The van der Waals surface area contributed by atoms with E-state index < -0.39 is 0 Å². The van der Waals surface area contributed by atoms with Gasteiger partial charge >= 0.3 is 0 Å². The van der Waals surface area contributed by atoms with E-state index >= 15 is 0 Å². The smallest absolute Gasteiger partial charge is 0.119 e. The zero-order valence-electron chi connectivity index (χ0n) is 10.0. The van der Waals surface area contributed by atoms with Gasteiger partial charge in [0.05, 0.1) is 6.61 Å². The summed E-state index contributed by atoms with van der Waals surface area (Å²) in [5.74, 6) is 0.870. The predicted molar refractivity (Wildman–Crippen MR) is 69.0 cm³/mol. The van der Waals surface area contributed by atoms with Gasteiger partial charge in [0.1, 0.15) is 5.75 Å². The lowest BCUT2D eigenvalue weighted by Crippen LogP contribution is -2.23. The van der Waals surface area contributed by atoms with Crippen LogP contribution in [0.25, 0.3) is 0 Å². The van der Waals surface area contributed by atoms with Crippen LogP contribution in [-0.2, 0) is 0 Å². The lowest BCUT2D eigenvalue weighted by Gasteiger charge is -2.21. The van der Waals surface area contributed by atoms with Gasteiger partial charge in [0.25, 0.3) is 0 Å². The van der Waals surface area contributed by atoms with Gasteiger partial charge in [-0.15, -0.1) is 0 Å². The molecular formula is C13H20ClNO. The van der Waals surface area contributed by atoms with E-state index in [2.05, 4.69) is 13.8 Å². The van der Waals surface area contributed by atoms with Crippen LogP contribution in [0.4, 0.5) is 0 Å². The number of ether oxygens (including phenoxy) is 1. The van der Waals surface area contributed by atoms with Gasteiger partial charge in [-0.3, -0.25) is 0 Å². The summed E-state index contributed by atoms with van der Waals surface area (Å²) in [5.41, 5.74) is 5.87. The largest absolute Gasteiger partial charge is 0.494 e. The first-order valence-electron chi connectivity index (χ1n) is 5.62. The summed E-state index contributed by atoms with van der Waals surface area (Å²) in [6.45, 7) is 5.80. The van der Waals surface area contributed by atoms with Gasteiger partial charge in [0, 0.05) is 5.02 Å². The Hall–Kier alpha value is -0.730. The molecule has 0 heterocycles. The molecule has 2 nitrogen and oxygen atoms in total. The molecule has 0 saturated carbocycles. The van der Waals surface area contributed by atoms with E-state index in [1.807, 2.05) is 24.3 Å². The molecule has 16 heavy (non-hydrogen) atoms. The van der Waals surface area contributed by atoms with Gasteiger partial charge in [-0.25, -0.2) is 0 Å². The highest BCUT2D eigenvalue weighted by molar-refractivity contribution is 6.30. The molecule has 0 fully saturated rings. The average Bonchev–Trinajstić information content (AvgIpc) is 2.27. The van der Waals surface area contributed by atoms with Crippen LogP contribution < -0.4 is 10.5 Å². The maximum absolute atomic E-state index is 5.78. The molecule has 0 aliphatic rings. The third kappa shape index (κ3) is 4.86. The standard InChI is InChI=1S/C13H20ClNO/c1-13(2,10-15)8-3-9-16-12-6-4-11(14)5-7-12/h4-7H,3,8-10,15H2,1-2H3. The van der Waals surface area contributed by atoms with Gasteiger partial charge in [-0.2, -0.15) is 0 Å². The van der Waals surface area contributed by atoms with Crippen LogP contribution >= 0.6 is 11.6 Å². The molecule has 0 aliphatic carbocycles. The molecule has 1 aromatic rings. The van der Waals surface area contributed by atoms with Gasteiger partial charge in [0.2, 0.25) is 0 Å². The van der Waals surface area contributed by atoms with Crippen LogP contribution in [0.5, 0.6) is 5.75 Å². The minimum absolute atomic E-state index is 0.212. The van der Waals surface area contributed by atoms with Crippen molar-refractivity contribution in [1.29, 1.82) is 0 Å². The zero-order valence-corrected chi connectivity index (χ0v) is 10.8. The van der Waals surface area contributed by atoms with E-state index in [9.17, 15) is 0 Å². The van der Waals surface area contributed by atoms with Crippen molar-refractivity contribution in [3.63, 3.8) is 0 Å². The van der Waals surface area contributed by atoms with Crippen molar-refractivity contribution >= 4 is 11.6 Å². The Morgan fingerprint density at radius 1 is 1.25 bits per heavy atom. The number of halogens is 1. The molecule has 1 rings (SSSR count). The molecule has 0 spiro atoms. The summed E-state index contributed by atoms with van der Waals surface area (Å²) in [5, 5.41) is 0.733. The molecule has 2 N–H and O–H groups in total. The highest BCUT2D eigenvalue weighted by Crippen LogP contribution is 2.21. The molecule has 0 atom stereocenters. The van der Waals surface area contributed by atoms with Gasteiger partial charge in [-0.1, -0.05) is 25.4 Å². The SMILES string of the molecule is CC(C)(CN)CCCOc1ccc(Cl)cc1. The molecule has 0 saturated heterocycles. The first-order valence-corrected chi connectivity index (χ1v) is 6.00. The molecule has 0 aliphatic heterocycles. The van der Waals surface area contributed by atoms with Crippen molar-refractivity contribution in [2.45, 2.75) is 26.7 Å². The average molecular weight is 242 g/mol. The second-order valence-electron chi connectivity index (χ2n) is 4.77. The third-order valence-corrected chi connectivity index (χ3v) is 2.88. The quantitative estimate of drug-likeness (QED) is 0.774. The Balaban J connectivity index is 2.23. The number of rotatable bonds is 6. The Kier molecular flexibility index (Phi) is 5.10. The van der Waals surface area contributed by atoms with E-state index in [-0.39, 0.29) is 5.41 Å². The van der Waals surface area contributed by atoms with E-state index in [1.54, 1.807) is 0 Å². The maximum atomic E-state index is 5.78. The van der Waals surface area contributed by atoms with Crippen LogP contribution in [0.2, 0.25) is 5.02 Å². The van der Waals surface area contributed by atoms with Crippen molar-refractivity contribution in [1.82, 2.24) is 0 Å². The summed E-state index contributed by atoms with van der Waals surface area (Å²) in [4.78, 5) is 0. The van der Waals surface area contributed by atoms with E-state index in [4.69, 9.17) is 22.1 Å². The maximum Gasteiger partial charge on any atom is 0.119 e. The summed E-state index contributed by atoms with van der Waals surface area (Å²) in [6.07, 6.45) is 2.10. The monoisotopic (exact) mass is 241 g/mol. The fourth-order valence-corrected chi connectivity index (χ4v) is 1.50. The fraction of sp³-hybridized carbons (Fsp3) is 0.538. The Morgan fingerprint density at radius 2 is 1.88 bits per heavy atom. The summed E-state index contributed by atoms with van der Waals surface area (Å²) < 4.78 is 5.60. The molecule has 0 aromatic heterocycles. The number of benzene rings is 1. The minimum Gasteiger partial charge on any atom is -0.494 e. The third-order valence-electron chi connectivity index (χ3n) is 2.63. The lowest BCUT2D eigenvalue weighted by molar-refractivity contribution is 0.261. The van der Waals surface area contributed by atoms with E-state index in [0.717, 1.165) is 30.2 Å². The van der Waals surface area contributed by atoms with E-state index in [0.29, 0.717) is 6.54 Å². The first-order chi connectivity index (χ1) is 7.53. The summed E-state index contributed by atoms with van der Waals surface area (Å²) in [7, 11) is 0. The molecule has 90 valence electrons. The predicted octanol–water partition coefficient (Wildman–Crippen LogP) is 3.48. The molecular weight excluding hydrogens is 222 g/mol. The molecule has 0 amide bonds. The lowest BCUT2D eigenvalue weighted by atomic mass is 9.88. The topological polar surface area (TPSA) is 35.2 Å². The van der Waals surface area contributed by atoms with Gasteiger partial charge < -0.3 is 10.5 Å². The Bertz CT molecular complexity index is 308. The van der Waals surface area contributed by atoms with Crippen LogP contribution in [0.1, 0.15) is 26.7 Å². The van der Waals surface area contributed by atoms with Crippen LogP contribution in [0, 0.1) is 5.41 Å². The molecule has 1 aromatic carbocycles. The van der Waals surface area contributed by atoms with Crippen LogP contribution in [0.3, 0.4) is 0 Å². The summed E-state index contributed by atoms with van der Waals surface area (Å²) >= 11 is 5.78. The highest BCUT2D eigenvalue weighted by atomic mass is 35.5. The zero-order chi connectivity index (χ0) is 12.0. The molecule has 0 radical (unpaired) electrons. The van der Waals surface area contributed by atoms with Crippen molar-refractivity contribution < 1.29 is 4.74 Å². The molecule has 0 bridgehead atoms. The Morgan fingerprint density at radius 3 is 2.44 bits per heavy atom. The highest BCUT2D eigenvalue weighted by Gasteiger charge is 2.14. The van der Waals surface area contributed by atoms with Crippen molar-refractivity contribution in [2.24, 2.45) is 11.1 Å². The number of hydrogen-bond donors (Lipinski definition) is 1. The first kappa shape index (κ1) is 13.3. The fourth-order valence-electron chi connectivity index (χ4n) is 1.37. The van der Waals surface area contributed by atoms with Crippen LogP contribution in [-0.4, -0.2) is 13.2 Å². The van der Waals surface area contributed by atoms with Gasteiger partial charge in [-0.05, 0) is 49.1 Å². The summed E-state index contributed by atoms with van der Waals surface area (Å²) in [6, 6.07) is 7.44. The molecule has 0 unspecified atom stereocenters.